The minimum absolute atomic E-state index is 0.0808. The van der Waals surface area contributed by atoms with Gasteiger partial charge in [0.2, 0.25) is 0 Å². The lowest BCUT2D eigenvalue weighted by molar-refractivity contribution is -0.118. The predicted molar refractivity (Wildman–Crippen MR) is 96.9 cm³/mol. The molecule has 0 aromatic carbocycles. The van der Waals surface area contributed by atoms with Gasteiger partial charge >= 0.3 is 6.09 Å². The van der Waals surface area contributed by atoms with E-state index >= 15 is 0 Å². The molecule has 3 rings (SSSR count). The topological polar surface area (TPSA) is 103 Å². The van der Waals surface area contributed by atoms with Crippen LogP contribution in [0.2, 0.25) is 18.1 Å². The largest absolute Gasteiger partial charge is 0.465 e. The molecule has 26 heavy (non-hydrogen) atoms. The Hall–Kier alpha value is -2.20. The summed E-state index contributed by atoms with van der Waals surface area (Å²) in [7, 11) is -1.92. The SMILES string of the molecule is CC(C)(C)[Si](C)(C)OC[C@H]1CN(c2cnc3c(n2)NC(=O)CO3)C(=O)O1. The van der Waals surface area contributed by atoms with Crippen LogP contribution in [0.5, 0.6) is 5.88 Å². The van der Waals surface area contributed by atoms with Crippen molar-refractivity contribution in [2.45, 2.75) is 45.0 Å². The average molecular weight is 380 g/mol. The van der Waals surface area contributed by atoms with Crippen molar-refractivity contribution in [3.05, 3.63) is 6.20 Å². The lowest BCUT2D eigenvalue weighted by Crippen LogP contribution is -2.43. The minimum atomic E-state index is -1.92. The lowest BCUT2D eigenvalue weighted by Gasteiger charge is -2.36. The number of hydrogen-bond acceptors (Lipinski definition) is 7. The summed E-state index contributed by atoms with van der Waals surface area (Å²) in [6.45, 7) is 11.3. The molecule has 0 saturated carbocycles. The number of carbonyl (C=O) groups is 2. The van der Waals surface area contributed by atoms with Gasteiger partial charge in [0.15, 0.2) is 26.6 Å². The molecule has 1 saturated heterocycles. The highest BCUT2D eigenvalue weighted by Crippen LogP contribution is 2.37. The average Bonchev–Trinajstić information content (AvgIpc) is 2.92. The molecule has 142 valence electrons. The number of cyclic esters (lactones) is 1. The molecule has 2 aliphatic rings. The van der Waals surface area contributed by atoms with Gasteiger partial charge in [-0.15, -0.1) is 0 Å². The molecular weight excluding hydrogens is 356 g/mol. The van der Waals surface area contributed by atoms with Gasteiger partial charge in [0.05, 0.1) is 19.3 Å². The van der Waals surface area contributed by atoms with E-state index in [0.717, 1.165) is 0 Å². The summed E-state index contributed by atoms with van der Waals surface area (Å²) in [4.78, 5) is 33.4. The van der Waals surface area contributed by atoms with Gasteiger partial charge in [0.25, 0.3) is 11.8 Å². The first kappa shape index (κ1) is 18.6. The summed E-state index contributed by atoms with van der Waals surface area (Å²) in [5, 5.41) is 2.66. The maximum Gasteiger partial charge on any atom is 0.416 e. The van der Waals surface area contributed by atoms with E-state index in [1.807, 2.05) is 0 Å². The predicted octanol–water partition coefficient (Wildman–Crippen LogP) is 2.15. The molecule has 0 spiro atoms. The van der Waals surface area contributed by atoms with E-state index in [1.165, 1.54) is 11.1 Å². The van der Waals surface area contributed by atoms with E-state index in [2.05, 4.69) is 49.1 Å². The van der Waals surface area contributed by atoms with E-state index in [9.17, 15) is 9.59 Å². The van der Waals surface area contributed by atoms with E-state index in [-0.39, 0.29) is 35.4 Å². The molecule has 0 bridgehead atoms. The van der Waals surface area contributed by atoms with Crippen LogP contribution in [-0.4, -0.2) is 56.1 Å². The van der Waals surface area contributed by atoms with E-state index in [4.69, 9.17) is 13.9 Å². The molecule has 1 aromatic rings. The highest BCUT2D eigenvalue weighted by molar-refractivity contribution is 6.74. The van der Waals surface area contributed by atoms with Crippen molar-refractivity contribution in [1.82, 2.24) is 9.97 Å². The zero-order chi connectivity index (χ0) is 19.1. The first-order valence-corrected chi connectivity index (χ1v) is 11.4. The summed E-state index contributed by atoms with van der Waals surface area (Å²) in [5.74, 6) is 0.425. The second kappa shape index (κ2) is 6.51. The van der Waals surface area contributed by atoms with Gasteiger partial charge in [-0.05, 0) is 18.1 Å². The fourth-order valence-electron chi connectivity index (χ4n) is 2.30. The molecule has 3 heterocycles. The number of hydrogen-bond donors (Lipinski definition) is 1. The fourth-order valence-corrected chi connectivity index (χ4v) is 3.34. The number of fused-ring (bicyclic) bond motifs is 1. The molecule has 9 nitrogen and oxygen atoms in total. The molecule has 2 aliphatic heterocycles. The zero-order valence-corrected chi connectivity index (χ0v) is 16.7. The van der Waals surface area contributed by atoms with E-state index < -0.39 is 14.4 Å². The second-order valence-corrected chi connectivity index (χ2v) is 12.7. The third-order valence-electron chi connectivity index (χ3n) is 4.91. The van der Waals surface area contributed by atoms with Crippen LogP contribution in [0.3, 0.4) is 0 Å². The third kappa shape index (κ3) is 3.65. The number of rotatable bonds is 4. The number of anilines is 2. The lowest BCUT2D eigenvalue weighted by atomic mass is 10.2. The number of nitrogens with one attached hydrogen (secondary N) is 1. The monoisotopic (exact) mass is 380 g/mol. The Morgan fingerprint density at radius 3 is 2.81 bits per heavy atom. The Balaban J connectivity index is 1.67. The molecular formula is C16H24N4O5Si. The molecule has 10 heteroatoms. The maximum atomic E-state index is 12.2. The Kier molecular flexibility index (Phi) is 4.65. The van der Waals surface area contributed by atoms with Gasteiger partial charge in [-0.25, -0.2) is 14.8 Å². The van der Waals surface area contributed by atoms with Crippen molar-refractivity contribution >= 4 is 32.0 Å². The maximum absolute atomic E-state index is 12.2. The molecule has 2 amide bonds. The molecule has 1 fully saturated rings. The zero-order valence-electron chi connectivity index (χ0n) is 15.7. The van der Waals surface area contributed by atoms with Gasteiger partial charge in [-0.3, -0.25) is 9.69 Å². The van der Waals surface area contributed by atoms with Crippen LogP contribution >= 0.6 is 0 Å². The molecule has 0 unspecified atom stereocenters. The van der Waals surface area contributed by atoms with Crippen LogP contribution < -0.4 is 15.0 Å². The Morgan fingerprint density at radius 2 is 2.12 bits per heavy atom. The van der Waals surface area contributed by atoms with E-state index in [0.29, 0.717) is 19.0 Å². The van der Waals surface area contributed by atoms with Crippen molar-refractivity contribution in [1.29, 1.82) is 0 Å². The molecule has 0 aliphatic carbocycles. The third-order valence-corrected chi connectivity index (χ3v) is 9.41. The van der Waals surface area contributed by atoms with Gasteiger partial charge < -0.3 is 19.2 Å². The van der Waals surface area contributed by atoms with Gasteiger partial charge in [0, 0.05) is 0 Å². The summed E-state index contributed by atoms with van der Waals surface area (Å²) >= 11 is 0. The fraction of sp³-hybridized carbons (Fsp3) is 0.625. The number of carbonyl (C=O) groups excluding carboxylic acids is 2. The Morgan fingerprint density at radius 1 is 1.38 bits per heavy atom. The minimum Gasteiger partial charge on any atom is -0.465 e. The standard InChI is InChI=1S/C16H24N4O5Si/c1-16(2,3)26(4,5)24-8-10-7-20(15(22)25-10)11-6-17-14-13(18-11)19-12(21)9-23-14/h6,10H,7-9H2,1-5H3,(H,18,19,21)/t10-/m1/s1. The summed E-state index contributed by atoms with van der Waals surface area (Å²) in [5.41, 5.74) is 0. The van der Waals surface area contributed by atoms with E-state index in [1.54, 1.807) is 0 Å². The van der Waals surface area contributed by atoms with Gasteiger partial charge in [0.1, 0.15) is 6.10 Å². The molecule has 1 atom stereocenters. The number of amides is 2. The van der Waals surface area contributed by atoms with Crippen molar-refractivity contribution in [3.63, 3.8) is 0 Å². The van der Waals surface area contributed by atoms with Crippen molar-refractivity contribution in [3.8, 4) is 5.88 Å². The van der Waals surface area contributed by atoms with Crippen molar-refractivity contribution < 1.29 is 23.5 Å². The van der Waals surface area contributed by atoms with Crippen LogP contribution in [0, 0.1) is 0 Å². The first-order valence-electron chi connectivity index (χ1n) is 8.48. The molecule has 1 N–H and O–H groups in total. The summed E-state index contributed by atoms with van der Waals surface area (Å²) in [6.07, 6.45) is 0.542. The van der Waals surface area contributed by atoms with Crippen LogP contribution in [0.4, 0.5) is 16.4 Å². The summed E-state index contributed by atoms with van der Waals surface area (Å²) < 4.78 is 16.7. The van der Waals surface area contributed by atoms with Gasteiger partial charge in [-0.2, -0.15) is 0 Å². The smallest absolute Gasteiger partial charge is 0.416 e. The highest BCUT2D eigenvalue weighted by atomic mass is 28.4. The van der Waals surface area contributed by atoms with Crippen LogP contribution in [0.25, 0.3) is 0 Å². The second-order valence-electron chi connectivity index (χ2n) is 7.91. The Bertz CT molecular complexity index is 734. The quantitative estimate of drug-likeness (QED) is 0.798. The number of aromatic nitrogens is 2. The van der Waals surface area contributed by atoms with Crippen molar-refractivity contribution in [2.75, 3.05) is 30.0 Å². The normalized spacial score (nSPS) is 20.3. The molecule has 0 radical (unpaired) electrons. The van der Waals surface area contributed by atoms with Crippen molar-refractivity contribution in [2.24, 2.45) is 0 Å². The number of nitrogens with zero attached hydrogens (tertiary/aromatic N) is 3. The number of ether oxygens (including phenoxy) is 2. The van der Waals surface area contributed by atoms with Crippen LogP contribution in [0.15, 0.2) is 6.20 Å². The Labute approximate surface area is 153 Å². The van der Waals surface area contributed by atoms with Crippen LogP contribution in [-0.2, 0) is 14.0 Å². The summed E-state index contributed by atoms with van der Waals surface area (Å²) in [6, 6.07) is 0. The van der Waals surface area contributed by atoms with Gasteiger partial charge in [-0.1, -0.05) is 20.8 Å². The first-order chi connectivity index (χ1) is 12.1. The van der Waals surface area contributed by atoms with Crippen LogP contribution in [0.1, 0.15) is 20.8 Å². The molecule has 1 aromatic heterocycles. The highest BCUT2D eigenvalue weighted by Gasteiger charge is 2.40.